The van der Waals surface area contributed by atoms with Crippen molar-refractivity contribution in [3.8, 4) is 0 Å². The summed E-state index contributed by atoms with van der Waals surface area (Å²) < 4.78 is 14.0. The summed E-state index contributed by atoms with van der Waals surface area (Å²) in [7, 11) is 0. The molecule has 1 N–H and O–H groups in total. The van der Waals surface area contributed by atoms with Crippen LogP contribution in [-0.4, -0.2) is 31.1 Å². The summed E-state index contributed by atoms with van der Waals surface area (Å²) in [5.41, 5.74) is 0.855. The monoisotopic (exact) mass is 286 g/mol. The SMILES string of the molecule is CC(C)C[C@H](c1ccccc1F)N1CCNCC1.Cl. The van der Waals surface area contributed by atoms with Crippen molar-refractivity contribution in [1.82, 2.24) is 10.2 Å². The van der Waals surface area contributed by atoms with Gasteiger partial charge in [0.1, 0.15) is 5.82 Å². The third kappa shape index (κ3) is 4.44. The minimum Gasteiger partial charge on any atom is -0.314 e. The Morgan fingerprint density at radius 3 is 2.42 bits per heavy atom. The van der Waals surface area contributed by atoms with Gasteiger partial charge in [-0.15, -0.1) is 12.4 Å². The zero-order valence-electron chi connectivity index (χ0n) is 11.7. The third-order valence-corrected chi connectivity index (χ3v) is 3.55. The first-order valence-corrected chi connectivity index (χ1v) is 6.87. The zero-order chi connectivity index (χ0) is 13.0. The summed E-state index contributed by atoms with van der Waals surface area (Å²) in [5.74, 6) is 0.506. The predicted octanol–water partition coefficient (Wildman–Crippen LogP) is 3.24. The molecule has 2 rings (SSSR count). The number of rotatable bonds is 4. The lowest BCUT2D eigenvalue weighted by Crippen LogP contribution is -2.45. The second kappa shape index (κ2) is 7.83. The Labute approximate surface area is 121 Å². The molecule has 1 aliphatic rings. The molecule has 1 aliphatic heterocycles. The van der Waals surface area contributed by atoms with Crippen molar-refractivity contribution in [2.75, 3.05) is 26.2 Å². The largest absolute Gasteiger partial charge is 0.314 e. The molecule has 1 heterocycles. The fraction of sp³-hybridized carbons (Fsp3) is 0.600. The molecular formula is C15H24ClFN2. The summed E-state index contributed by atoms with van der Waals surface area (Å²) >= 11 is 0. The highest BCUT2D eigenvalue weighted by molar-refractivity contribution is 5.85. The molecule has 0 unspecified atom stereocenters. The van der Waals surface area contributed by atoms with Crippen LogP contribution in [-0.2, 0) is 0 Å². The molecule has 0 spiro atoms. The highest BCUT2D eigenvalue weighted by Crippen LogP contribution is 2.29. The maximum absolute atomic E-state index is 14.0. The van der Waals surface area contributed by atoms with E-state index in [-0.39, 0.29) is 24.3 Å². The smallest absolute Gasteiger partial charge is 0.127 e. The van der Waals surface area contributed by atoms with Crippen LogP contribution in [0, 0.1) is 11.7 Å². The van der Waals surface area contributed by atoms with Gasteiger partial charge < -0.3 is 5.32 Å². The quantitative estimate of drug-likeness (QED) is 0.914. The topological polar surface area (TPSA) is 15.3 Å². The molecular weight excluding hydrogens is 263 g/mol. The van der Waals surface area contributed by atoms with Crippen LogP contribution in [0.4, 0.5) is 4.39 Å². The van der Waals surface area contributed by atoms with Crippen LogP contribution in [0.15, 0.2) is 24.3 Å². The summed E-state index contributed by atoms with van der Waals surface area (Å²) in [6.45, 7) is 8.43. The van der Waals surface area contributed by atoms with E-state index in [1.165, 1.54) is 0 Å². The molecule has 2 nitrogen and oxygen atoms in total. The van der Waals surface area contributed by atoms with Crippen LogP contribution in [0.2, 0.25) is 0 Å². The van der Waals surface area contributed by atoms with E-state index < -0.39 is 0 Å². The summed E-state index contributed by atoms with van der Waals surface area (Å²) in [6, 6.07) is 7.43. The number of benzene rings is 1. The predicted molar refractivity (Wildman–Crippen MR) is 80.3 cm³/mol. The van der Waals surface area contributed by atoms with E-state index in [0.717, 1.165) is 38.2 Å². The van der Waals surface area contributed by atoms with Crippen LogP contribution >= 0.6 is 12.4 Å². The van der Waals surface area contributed by atoms with Crippen molar-refractivity contribution in [2.45, 2.75) is 26.3 Å². The number of nitrogens with zero attached hydrogens (tertiary/aromatic N) is 1. The number of hydrogen-bond donors (Lipinski definition) is 1. The normalized spacial score (nSPS) is 18.1. The van der Waals surface area contributed by atoms with E-state index in [2.05, 4.69) is 24.1 Å². The summed E-state index contributed by atoms with van der Waals surface area (Å²) in [4.78, 5) is 2.41. The summed E-state index contributed by atoms with van der Waals surface area (Å²) in [5, 5.41) is 3.35. The maximum Gasteiger partial charge on any atom is 0.127 e. The number of hydrogen-bond acceptors (Lipinski definition) is 2. The van der Waals surface area contributed by atoms with Gasteiger partial charge in [-0.05, 0) is 18.4 Å². The van der Waals surface area contributed by atoms with Crippen LogP contribution in [0.1, 0.15) is 31.9 Å². The van der Waals surface area contributed by atoms with Gasteiger partial charge in [0.15, 0.2) is 0 Å². The molecule has 1 fully saturated rings. The molecule has 19 heavy (non-hydrogen) atoms. The Bertz CT molecular complexity index is 378. The highest BCUT2D eigenvalue weighted by atomic mass is 35.5. The minimum absolute atomic E-state index is 0. The fourth-order valence-corrected chi connectivity index (χ4v) is 2.66. The maximum atomic E-state index is 14.0. The molecule has 0 bridgehead atoms. The van der Waals surface area contributed by atoms with Gasteiger partial charge in [-0.3, -0.25) is 4.90 Å². The van der Waals surface area contributed by atoms with Gasteiger partial charge >= 0.3 is 0 Å². The lowest BCUT2D eigenvalue weighted by molar-refractivity contribution is 0.151. The lowest BCUT2D eigenvalue weighted by atomic mass is 9.94. The van der Waals surface area contributed by atoms with Crippen LogP contribution in [0.5, 0.6) is 0 Å². The first kappa shape index (κ1) is 16.4. The molecule has 1 aromatic rings. The molecule has 108 valence electrons. The van der Waals surface area contributed by atoms with E-state index >= 15 is 0 Å². The van der Waals surface area contributed by atoms with E-state index in [4.69, 9.17) is 0 Å². The Hall–Kier alpha value is -0.640. The van der Waals surface area contributed by atoms with Gasteiger partial charge in [-0.1, -0.05) is 32.0 Å². The van der Waals surface area contributed by atoms with Crippen LogP contribution in [0.3, 0.4) is 0 Å². The summed E-state index contributed by atoms with van der Waals surface area (Å²) in [6.07, 6.45) is 1.01. The van der Waals surface area contributed by atoms with Crippen molar-refractivity contribution >= 4 is 12.4 Å². The third-order valence-electron chi connectivity index (χ3n) is 3.55. The Morgan fingerprint density at radius 2 is 1.84 bits per heavy atom. The van der Waals surface area contributed by atoms with Gasteiger partial charge in [-0.25, -0.2) is 4.39 Å². The van der Waals surface area contributed by atoms with E-state index in [1.807, 2.05) is 12.1 Å². The molecule has 1 aromatic carbocycles. The standard InChI is InChI=1S/C15H23FN2.ClH/c1-12(2)11-15(18-9-7-17-8-10-18)13-5-3-4-6-14(13)16;/h3-6,12,15,17H,7-11H2,1-2H3;1H/t15-;/m1./s1. The van der Waals surface area contributed by atoms with Gasteiger partial charge in [-0.2, -0.15) is 0 Å². The first-order chi connectivity index (χ1) is 8.68. The van der Waals surface area contributed by atoms with Crippen LogP contribution in [0.25, 0.3) is 0 Å². The molecule has 0 aliphatic carbocycles. The van der Waals surface area contributed by atoms with Crippen molar-refractivity contribution in [3.63, 3.8) is 0 Å². The Morgan fingerprint density at radius 1 is 1.21 bits per heavy atom. The Balaban J connectivity index is 0.00000180. The van der Waals surface area contributed by atoms with E-state index in [0.29, 0.717) is 5.92 Å². The number of halogens is 2. The second-order valence-electron chi connectivity index (χ2n) is 5.45. The lowest BCUT2D eigenvalue weighted by Gasteiger charge is -2.36. The second-order valence-corrected chi connectivity index (χ2v) is 5.45. The average Bonchev–Trinajstić information content (AvgIpc) is 2.38. The highest BCUT2D eigenvalue weighted by Gasteiger charge is 2.24. The molecule has 4 heteroatoms. The zero-order valence-corrected chi connectivity index (χ0v) is 12.5. The van der Waals surface area contributed by atoms with Crippen molar-refractivity contribution in [1.29, 1.82) is 0 Å². The molecule has 1 saturated heterocycles. The molecule has 0 amide bonds. The van der Waals surface area contributed by atoms with Crippen molar-refractivity contribution in [2.24, 2.45) is 5.92 Å². The minimum atomic E-state index is -0.0679. The fourth-order valence-electron chi connectivity index (χ4n) is 2.66. The van der Waals surface area contributed by atoms with Gasteiger partial charge in [0.05, 0.1) is 0 Å². The molecule has 0 saturated carbocycles. The van der Waals surface area contributed by atoms with E-state index in [1.54, 1.807) is 12.1 Å². The van der Waals surface area contributed by atoms with Gasteiger partial charge in [0.25, 0.3) is 0 Å². The van der Waals surface area contributed by atoms with Crippen molar-refractivity contribution in [3.05, 3.63) is 35.6 Å². The number of nitrogens with one attached hydrogen (secondary N) is 1. The van der Waals surface area contributed by atoms with E-state index in [9.17, 15) is 4.39 Å². The molecule has 0 aromatic heterocycles. The van der Waals surface area contributed by atoms with Crippen molar-refractivity contribution < 1.29 is 4.39 Å². The van der Waals surface area contributed by atoms with Gasteiger partial charge in [0.2, 0.25) is 0 Å². The van der Waals surface area contributed by atoms with Gasteiger partial charge in [0, 0.05) is 37.8 Å². The Kier molecular flexibility index (Phi) is 6.76. The first-order valence-electron chi connectivity index (χ1n) is 6.87. The molecule has 0 radical (unpaired) electrons. The van der Waals surface area contributed by atoms with Crippen LogP contribution < -0.4 is 5.32 Å². The molecule has 1 atom stereocenters. The number of piperazine rings is 1. The average molecular weight is 287 g/mol.